The van der Waals surface area contributed by atoms with Gasteiger partial charge in [-0.05, 0) is 43.1 Å². The Labute approximate surface area is 181 Å². The molecule has 7 heteroatoms. The van der Waals surface area contributed by atoms with E-state index < -0.39 is 0 Å². The number of likely N-dealkylation sites (tertiary alicyclic amines) is 1. The topological polar surface area (TPSA) is 65.0 Å². The third-order valence-corrected chi connectivity index (χ3v) is 6.04. The first-order valence-corrected chi connectivity index (χ1v) is 10.7. The number of methoxy groups -OCH3 is 1. The fraction of sp³-hybridized carbons (Fsp3) is 0.375. The molecule has 162 valence electrons. The highest BCUT2D eigenvalue weighted by Crippen LogP contribution is 2.34. The minimum atomic E-state index is -0.238. The molecule has 1 fully saturated rings. The summed E-state index contributed by atoms with van der Waals surface area (Å²) in [6.07, 6.45) is 4.37. The third kappa shape index (κ3) is 4.18. The maximum absolute atomic E-state index is 11.8. The molecular formula is C24H27N3O4. The molecule has 0 radical (unpaired) electrons. The molecule has 0 amide bonds. The molecule has 3 aromatic rings. The highest BCUT2D eigenvalue weighted by molar-refractivity contribution is 5.85. The average molecular weight is 421 g/mol. The second-order valence-electron chi connectivity index (χ2n) is 8.16. The van der Waals surface area contributed by atoms with Gasteiger partial charge >= 0.3 is 5.97 Å². The molecular weight excluding hydrogens is 394 g/mol. The molecule has 0 bridgehead atoms. The minimum Gasteiger partial charge on any atom is -0.468 e. The van der Waals surface area contributed by atoms with Gasteiger partial charge in [-0.2, -0.15) is 0 Å². The van der Waals surface area contributed by atoms with E-state index in [2.05, 4.69) is 34.6 Å². The number of aromatic nitrogens is 1. The van der Waals surface area contributed by atoms with Crippen molar-refractivity contribution >= 4 is 22.6 Å². The Morgan fingerprint density at radius 3 is 2.97 bits per heavy atom. The fourth-order valence-electron chi connectivity index (χ4n) is 4.56. The van der Waals surface area contributed by atoms with Gasteiger partial charge in [-0.1, -0.05) is 18.2 Å². The second-order valence-corrected chi connectivity index (χ2v) is 8.16. The van der Waals surface area contributed by atoms with Gasteiger partial charge in [0.1, 0.15) is 6.54 Å². The summed E-state index contributed by atoms with van der Waals surface area (Å²) in [7, 11) is 1.43. The van der Waals surface area contributed by atoms with Crippen LogP contribution >= 0.6 is 0 Å². The summed E-state index contributed by atoms with van der Waals surface area (Å²) in [5.74, 6) is 1.37. The summed E-state index contributed by atoms with van der Waals surface area (Å²) < 4.78 is 17.8. The number of ether oxygens (including phenoxy) is 3. The molecule has 7 nitrogen and oxygen atoms in total. The van der Waals surface area contributed by atoms with Crippen LogP contribution in [0.5, 0.6) is 11.5 Å². The molecule has 1 atom stereocenters. The van der Waals surface area contributed by atoms with Crippen molar-refractivity contribution in [2.24, 2.45) is 0 Å². The number of anilines is 1. The maximum Gasteiger partial charge on any atom is 0.325 e. The van der Waals surface area contributed by atoms with Crippen LogP contribution in [0.15, 0.2) is 48.7 Å². The Hall–Kier alpha value is -3.19. The van der Waals surface area contributed by atoms with E-state index in [1.165, 1.54) is 18.1 Å². The van der Waals surface area contributed by atoms with Gasteiger partial charge in [0, 0.05) is 48.0 Å². The Kier molecular flexibility index (Phi) is 5.42. The monoisotopic (exact) mass is 421 g/mol. The molecule has 0 saturated carbocycles. The molecule has 2 aromatic carbocycles. The van der Waals surface area contributed by atoms with Crippen molar-refractivity contribution in [2.45, 2.75) is 32.0 Å². The van der Waals surface area contributed by atoms with E-state index in [-0.39, 0.29) is 12.5 Å². The lowest BCUT2D eigenvalue weighted by atomic mass is 10.0. The van der Waals surface area contributed by atoms with Crippen molar-refractivity contribution in [3.63, 3.8) is 0 Å². The first-order chi connectivity index (χ1) is 15.2. The number of hydrogen-bond acceptors (Lipinski definition) is 6. The summed E-state index contributed by atoms with van der Waals surface area (Å²) in [6.45, 7) is 3.40. The number of piperidine rings is 1. The van der Waals surface area contributed by atoms with E-state index in [4.69, 9.17) is 14.2 Å². The Balaban J connectivity index is 1.29. The van der Waals surface area contributed by atoms with Crippen LogP contribution in [-0.2, 0) is 22.6 Å². The highest BCUT2D eigenvalue weighted by Gasteiger charge is 2.22. The average Bonchev–Trinajstić information content (AvgIpc) is 3.39. The van der Waals surface area contributed by atoms with Crippen molar-refractivity contribution in [2.75, 3.05) is 32.3 Å². The number of esters is 1. The van der Waals surface area contributed by atoms with E-state index in [1.54, 1.807) is 0 Å². The molecule has 1 unspecified atom stereocenters. The van der Waals surface area contributed by atoms with E-state index in [9.17, 15) is 4.79 Å². The van der Waals surface area contributed by atoms with Gasteiger partial charge in [-0.3, -0.25) is 9.69 Å². The summed E-state index contributed by atoms with van der Waals surface area (Å²) in [4.78, 5) is 14.3. The number of hydrogen-bond donors (Lipinski definition) is 1. The predicted octanol–water partition coefficient (Wildman–Crippen LogP) is 3.62. The van der Waals surface area contributed by atoms with Crippen molar-refractivity contribution in [1.29, 1.82) is 0 Å². The Morgan fingerprint density at radius 2 is 2.06 bits per heavy atom. The van der Waals surface area contributed by atoms with Crippen LogP contribution in [0.25, 0.3) is 10.9 Å². The van der Waals surface area contributed by atoms with E-state index in [1.807, 2.05) is 28.8 Å². The zero-order valence-corrected chi connectivity index (χ0v) is 17.7. The lowest BCUT2D eigenvalue weighted by molar-refractivity contribution is -0.141. The standard InChI is InChI=1S/C24H27N3O4/c1-29-24(28)15-27-13-17(20-6-2-3-7-21(20)27)12-26-10-4-5-19(14-26)25-18-8-9-22-23(11-18)31-16-30-22/h2-3,6-9,11,13,19,25H,4-5,10,12,14-16H2,1H3. The normalized spacial score (nSPS) is 18.3. The van der Waals surface area contributed by atoms with Crippen molar-refractivity contribution in [1.82, 2.24) is 9.47 Å². The molecule has 5 rings (SSSR count). The Bertz CT molecular complexity index is 1090. The van der Waals surface area contributed by atoms with Crippen molar-refractivity contribution < 1.29 is 19.0 Å². The lowest BCUT2D eigenvalue weighted by Crippen LogP contribution is -2.41. The van der Waals surface area contributed by atoms with Crippen molar-refractivity contribution in [3.05, 3.63) is 54.2 Å². The number of carbonyl (C=O) groups is 1. The molecule has 2 aliphatic heterocycles. The van der Waals surface area contributed by atoms with Crippen LogP contribution in [0, 0.1) is 0 Å². The number of carbonyl (C=O) groups excluding carboxylic acids is 1. The smallest absolute Gasteiger partial charge is 0.325 e. The number of fused-ring (bicyclic) bond motifs is 2. The SMILES string of the molecule is COC(=O)Cn1cc(CN2CCCC(Nc3ccc4c(c3)OCO4)C2)c2ccccc21. The lowest BCUT2D eigenvalue weighted by Gasteiger charge is -2.33. The predicted molar refractivity (Wildman–Crippen MR) is 118 cm³/mol. The van der Waals surface area contributed by atoms with Crippen LogP contribution in [0.4, 0.5) is 5.69 Å². The second kappa shape index (κ2) is 8.51. The molecule has 0 spiro atoms. The maximum atomic E-state index is 11.8. The summed E-state index contributed by atoms with van der Waals surface area (Å²) in [6, 6.07) is 14.6. The summed E-state index contributed by atoms with van der Waals surface area (Å²) in [5, 5.41) is 4.85. The number of nitrogens with one attached hydrogen (secondary N) is 1. The van der Waals surface area contributed by atoms with Crippen molar-refractivity contribution in [3.8, 4) is 11.5 Å². The highest BCUT2D eigenvalue weighted by atomic mass is 16.7. The van der Waals surface area contributed by atoms with Gasteiger partial charge in [-0.15, -0.1) is 0 Å². The zero-order valence-electron chi connectivity index (χ0n) is 17.7. The number of benzene rings is 2. The van der Waals surface area contributed by atoms with Crippen LogP contribution in [0.3, 0.4) is 0 Å². The minimum absolute atomic E-state index is 0.227. The third-order valence-electron chi connectivity index (χ3n) is 6.04. The summed E-state index contributed by atoms with van der Waals surface area (Å²) >= 11 is 0. The Morgan fingerprint density at radius 1 is 1.19 bits per heavy atom. The summed E-state index contributed by atoms with van der Waals surface area (Å²) in [5.41, 5.74) is 3.36. The van der Waals surface area contributed by atoms with Crippen LogP contribution in [0.2, 0.25) is 0 Å². The fourth-order valence-corrected chi connectivity index (χ4v) is 4.56. The van der Waals surface area contributed by atoms with Gasteiger partial charge in [0.25, 0.3) is 0 Å². The molecule has 1 saturated heterocycles. The first kappa shape index (κ1) is 19.8. The molecule has 1 aromatic heterocycles. The number of rotatable bonds is 6. The van der Waals surface area contributed by atoms with E-state index in [0.717, 1.165) is 55.2 Å². The molecule has 3 heterocycles. The molecule has 0 aliphatic carbocycles. The van der Waals surface area contributed by atoms with Crippen LogP contribution < -0.4 is 14.8 Å². The van der Waals surface area contributed by atoms with Crippen LogP contribution in [0.1, 0.15) is 18.4 Å². The van der Waals surface area contributed by atoms with E-state index in [0.29, 0.717) is 12.8 Å². The van der Waals surface area contributed by atoms with Gasteiger partial charge < -0.3 is 24.1 Å². The molecule has 31 heavy (non-hydrogen) atoms. The number of para-hydroxylation sites is 1. The van der Waals surface area contributed by atoms with Gasteiger partial charge in [0.2, 0.25) is 6.79 Å². The first-order valence-electron chi connectivity index (χ1n) is 10.7. The van der Waals surface area contributed by atoms with Crippen LogP contribution in [-0.4, -0.2) is 48.5 Å². The molecule has 1 N–H and O–H groups in total. The molecule has 2 aliphatic rings. The van der Waals surface area contributed by atoms with E-state index >= 15 is 0 Å². The van der Waals surface area contributed by atoms with Gasteiger partial charge in [0.15, 0.2) is 11.5 Å². The number of nitrogens with zero attached hydrogens (tertiary/aromatic N) is 2. The quantitative estimate of drug-likeness (QED) is 0.614. The largest absolute Gasteiger partial charge is 0.468 e. The zero-order chi connectivity index (χ0) is 21.2. The van der Waals surface area contributed by atoms with Gasteiger partial charge in [0.05, 0.1) is 7.11 Å². The van der Waals surface area contributed by atoms with Gasteiger partial charge in [-0.25, -0.2) is 0 Å².